The highest BCUT2D eigenvalue weighted by Gasteiger charge is 2.10. The minimum atomic E-state index is 0.125. The van der Waals surface area contributed by atoms with E-state index in [4.69, 9.17) is 5.73 Å². The molecule has 1 unspecified atom stereocenters. The highest BCUT2D eigenvalue weighted by Crippen LogP contribution is 2.07. The lowest BCUT2D eigenvalue weighted by Crippen LogP contribution is -2.35. The molecule has 1 atom stereocenters. The number of nitrogens with two attached hydrogens (primary N) is 1. The first kappa shape index (κ1) is 16.4. The molecule has 0 saturated carbocycles. The third kappa shape index (κ3) is 9.12. The quantitative estimate of drug-likeness (QED) is 0.529. The summed E-state index contributed by atoms with van der Waals surface area (Å²) in [6, 6.07) is 0. The molecule has 0 aliphatic carbocycles. The van der Waals surface area contributed by atoms with Gasteiger partial charge in [-0.25, -0.2) is 0 Å². The first-order valence-corrected chi connectivity index (χ1v) is 6.64. The summed E-state index contributed by atoms with van der Waals surface area (Å²) in [5, 5.41) is 6.20. The maximum atomic E-state index is 11.4. The molecule has 0 saturated heterocycles. The van der Waals surface area contributed by atoms with Gasteiger partial charge < -0.3 is 16.4 Å². The lowest BCUT2D eigenvalue weighted by molar-refractivity contribution is -0.121. The fraction of sp³-hybridized carbons (Fsp3) is 0.923. The predicted molar refractivity (Wildman–Crippen MR) is 72.7 cm³/mol. The molecule has 0 spiro atoms. The van der Waals surface area contributed by atoms with Crippen LogP contribution in [-0.2, 0) is 4.79 Å². The fourth-order valence-electron chi connectivity index (χ4n) is 1.49. The van der Waals surface area contributed by atoms with E-state index in [0.29, 0.717) is 30.7 Å². The summed E-state index contributed by atoms with van der Waals surface area (Å²) in [5.74, 6) is 1.71. The van der Waals surface area contributed by atoms with Crippen molar-refractivity contribution >= 4 is 5.91 Å². The van der Waals surface area contributed by atoms with E-state index in [0.717, 1.165) is 19.6 Å². The second-order valence-corrected chi connectivity index (χ2v) is 5.39. The zero-order chi connectivity index (χ0) is 13.3. The maximum Gasteiger partial charge on any atom is 0.221 e. The Balaban J connectivity index is 3.53. The molecule has 0 fully saturated rings. The van der Waals surface area contributed by atoms with Gasteiger partial charge in [0.2, 0.25) is 5.91 Å². The third-order valence-electron chi connectivity index (χ3n) is 2.89. The number of carbonyl (C=O) groups excluding carboxylic acids is 1. The number of hydrogen-bond donors (Lipinski definition) is 3. The Bertz CT molecular complexity index is 205. The highest BCUT2D eigenvalue weighted by atomic mass is 16.1. The van der Waals surface area contributed by atoms with E-state index in [1.165, 1.54) is 0 Å². The van der Waals surface area contributed by atoms with Crippen LogP contribution in [0.25, 0.3) is 0 Å². The van der Waals surface area contributed by atoms with E-state index in [-0.39, 0.29) is 5.91 Å². The van der Waals surface area contributed by atoms with E-state index < -0.39 is 0 Å². The largest absolute Gasteiger partial charge is 0.356 e. The van der Waals surface area contributed by atoms with Crippen LogP contribution in [0.15, 0.2) is 0 Å². The second-order valence-electron chi connectivity index (χ2n) is 5.39. The van der Waals surface area contributed by atoms with E-state index in [1.807, 2.05) is 0 Å². The highest BCUT2D eigenvalue weighted by molar-refractivity contribution is 5.76. The van der Waals surface area contributed by atoms with Crippen LogP contribution in [0.2, 0.25) is 0 Å². The average molecular weight is 243 g/mol. The molecule has 4 heteroatoms. The molecule has 4 nitrogen and oxygen atoms in total. The molecule has 102 valence electrons. The topological polar surface area (TPSA) is 67.2 Å². The molecule has 0 aromatic heterocycles. The third-order valence-corrected chi connectivity index (χ3v) is 2.89. The van der Waals surface area contributed by atoms with Crippen molar-refractivity contribution in [1.82, 2.24) is 10.6 Å². The van der Waals surface area contributed by atoms with E-state index in [1.54, 1.807) is 0 Å². The van der Waals surface area contributed by atoms with Crippen LogP contribution < -0.4 is 16.4 Å². The number of hydrogen-bond acceptors (Lipinski definition) is 3. The molecule has 0 rings (SSSR count). The van der Waals surface area contributed by atoms with Crippen molar-refractivity contribution in [2.45, 2.75) is 34.1 Å². The van der Waals surface area contributed by atoms with Crippen molar-refractivity contribution in [3.05, 3.63) is 0 Å². The van der Waals surface area contributed by atoms with Gasteiger partial charge in [0.15, 0.2) is 0 Å². The molecule has 0 bridgehead atoms. The first-order valence-electron chi connectivity index (χ1n) is 6.64. The molecule has 0 aliphatic rings. The summed E-state index contributed by atoms with van der Waals surface area (Å²) in [4.78, 5) is 11.4. The zero-order valence-electron chi connectivity index (χ0n) is 11.8. The minimum absolute atomic E-state index is 0.125. The van der Waals surface area contributed by atoms with Crippen LogP contribution in [-0.4, -0.2) is 32.1 Å². The van der Waals surface area contributed by atoms with Gasteiger partial charge in [-0.15, -0.1) is 0 Å². The van der Waals surface area contributed by atoms with Crippen LogP contribution in [0.5, 0.6) is 0 Å². The van der Waals surface area contributed by atoms with Crippen molar-refractivity contribution in [3.8, 4) is 0 Å². The molecular formula is C13H29N3O. The van der Waals surface area contributed by atoms with Gasteiger partial charge in [0.25, 0.3) is 0 Å². The smallest absolute Gasteiger partial charge is 0.221 e. The molecule has 0 aliphatic heterocycles. The predicted octanol–water partition coefficient (Wildman–Crippen LogP) is 0.969. The van der Waals surface area contributed by atoms with Gasteiger partial charge in [0, 0.05) is 19.5 Å². The SMILES string of the molecule is CC(C)CNC(=O)CCNCC(CN)C(C)C. The monoisotopic (exact) mass is 243 g/mol. The van der Waals surface area contributed by atoms with Crippen molar-refractivity contribution in [2.24, 2.45) is 23.5 Å². The Labute approximate surface area is 106 Å². The number of amides is 1. The summed E-state index contributed by atoms with van der Waals surface area (Å²) in [6.45, 7) is 11.6. The number of carbonyl (C=O) groups is 1. The van der Waals surface area contributed by atoms with Crippen LogP contribution in [0.3, 0.4) is 0 Å². The molecule has 0 aromatic rings. The Kier molecular flexibility index (Phi) is 9.09. The molecule has 0 heterocycles. The van der Waals surface area contributed by atoms with Crippen LogP contribution in [0, 0.1) is 17.8 Å². The van der Waals surface area contributed by atoms with Gasteiger partial charge in [-0.3, -0.25) is 4.79 Å². The van der Waals surface area contributed by atoms with Crippen LogP contribution in [0.4, 0.5) is 0 Å². The lowest BCUT2D eigenvalue weighted by Gasteiger charge is -2.19. The van der Waals surface area contributed by atoms with E-state index >= 15 is 0 Å². The van der Waals surface area contributed by atoms with Crippen molar-refractivity contribution in [3.63, 3.8) is 0 Å². The molecule has 4 N–H and O–H groups in total. The van der Waals surface area contributed by atoms with Gasteiger partial charge >= 0.3 is 0 Å². The molecule has 0 radical (unpaired) electrons. The molecule has 1 amide bonds. The Morgan fingerprint density at radius 3 is 2.29 bits per heavy atom. The number of nitrogens with one attached hydrogen (secondary N) is 2. The van der Waals surface area contributed by atoms with Gasteiger partial charge in [-0.1, -0.05) is 27.7 Å². The summed E-state index contributed by atoms with van der Waals surface area (Å²) < 4.78 is 0. The van der Waals surface area contributed by atoms with Crippen LogP contribution >= 0.6 is 0 Å². The van der Waals surface area contributed by atoms with E-state index in [2.05, 4.69) is 38.3 Å². The van der Waals surface area contributed by atoms with Crippen LogP contribution in [0.1, 0.15) is 34.1 Å². The Hall–Kier alpha value is -0.610. The van der Waals surface area contributed by atoms with Crippen molar-refractivity contribution < 1.29 is 4.79 Å². The zero-order valence-corrected chi connectivity index (χ0v) is 11.8. The molecule has 17 heavy (non-hydrogen) atoms. The normalized spacial score (nSPS) is 13.1. The average Bonchev–Trinajstić information content (AvgIpc) is 2.25. The summed E-state index contributed by atoms with van der Waals surface area (Å²) >= 11 is 0. The first-order chi connectivity index (χ1) is 7.97. The standard InChI is InChI=1S/C13H29N3O/c1-10(2)8-16-13(17)5-6-15-9-12(7-14)11(3)4/h10-12,15H,5-9,14H2,1-4H3,(H,16,17). The second kappa shape index (κ2) is 9.42. The van der Waals surface area contributed by atoms with Gasteiger partial charge in [-0.05, 0) is 30.8 Å². The fourth-order valence-corrected chi connectivity index (χ4v) is 1.49. The van der Waals surface area contributed by atoms with Crippen molar-refractivity contribution in [1.29, 1.82) is 0 Å². The summed E-state index contributed by atoms with van der Waals surface area (Å²) in [7, 11) is 0. The summed E-state index contributed by atoms with van der Waals surface area (Å²) in [6.07, 6.45) is 0.544. The van der Waals surface area contributed by atoms with Crippen molar-refractivity contribution in [2.75, 3.05) is 26.2 Å². The number of rotatable bonds is 9. The lowest BCUT2D eigenvalue weighted by atomic mass is 9.96. The summed E-state index contributed by atoms with van der Waals surface area (Å²) in [5.41, 5.74) is 5.68. The Morgan fingerprint density at radius 1 is 1.18 bits per heavy atom. The maximum absolute atomic E-state index is 11.4. The van der Waals surface area contributed by atoms with Gasteiger partial charge in [0.05, 0.1) is 0 Å². The minimum Gasteiger partial charge on any atom is -0.356 e. The van der Waals surface area contributed by atoms with Gasteiger partial charge in [0.1, 0.15) is 0 Å². The van der Waals surface area contributed by atoms with E-state index in [9.17, 15) is 4.79 Å². The molecule has 0 aromatic carbocycles. The van der Waals surface area contributed by atoms with Gasteiger partial charge in [-0.2, -0.15) is 0 Å². The Morgan fingerprint density at radius 2 is 1.82 bits per heavy atom. The molecular weight excluding hydrogens is 214 g/mol.